The minimum absolute atomic E-state index is 0.0123. The molecule has 39 nitrogen and oxygen atoms in total. The molecule has 9 N–H and O–H groups in total. The van der Waals surface area contributed by atoms with E-state index in [4.69, 9.17) is 68.9 Å². The van der Waals surface area contributed by atoms with Gasteiger partial charge in [0.25, 0.3) is 40.5 Å². The topological polar surface area (TPSA) is 659 Å². The molecule has 0 fully saturated rings. The summed E-state index contributed by atoms with van der Waals surface area (Å²) in [6, 6.07) is 33.0. The fraction of sp³-hybridized carbons (Fsp3) is 0. The van der Waals surface area contributed by atoms with Crippen molar-refractivity contribution in [1.82, 2.24) is 0 Å². The van der Waals surface area contributed by atoms with Crippen LogP contribution in [0, 0.1) is 0 Å². The minimum Gasteiger partial charge on any atom is -0.505 e. The molecular formula is C50H33N9O30S9. The van der Waals surface area contributed by atoms with Gasteiger partial charge in [-0.1, -0.05) is 66.7 Å². The van der Waals surface area contributed by atoms with E-state index in [0.29, 0.717) is 16.2 Å². The number of rotatable bonds is 12. The highest BCUT2D eigenvalue weighted by Gasteiger charge is 2.26. The quantitative estimate of drug-likeness (QED) is 0.0328. The molecule has 10 rings (SSSR count). The Morgan fingerprint density at radius 1 is 0.286 bits per heavy atom. The van der Waals surface area contributed by atoms with E-state index in [2.05, 4.69) is 40.9 Å². The Hall–Kier alpha value is -11.2. The molecule has 0 heterocycles. The third kappa shape index (κ3) is 20.9. The van der Waals surface area contributed by atoms with Crippen LogP contribution in [0.4, 0.5) is 51.2 Å². The average Bonchev–Trinajstić information content (AvgIpc) is 0.770. The average molecular weight is 1530 g/mol. The first-order chi connectivity index (χ1) is 45.5. The Morgan fingerprint density at radius 3 is 1.24 bits per heavy atom. The van der Waals surface area contributed by atoms with Gasteiger partial charge in [0.15, 0.2) is 17.2 Å². The number of nitrogens with zero attached hydrogens (tertiary/aromatic N) is 8. The van der Waals surface area contributed by atoms with Gasteiger partial charge in [0.1, 0.15) is 42.3 Å². The van der Waals surface area contributed by atoms with Gasteiger partial charge in [0.05, 0.1) is 33.8 Å². The lowest BCUT2D eigenvalue weighted by Crippen LogP contribution is -2.01. The molecule has 0 spiro atoms. The molecule has 98 heavy (non-hydrogen) atoms. The predicted molar refractivity (Wildman–Crippen MR) is 334 cm³/mol. The number of nitrogens with two attached hydrogens (primary N) is 1. The number of hydrogen-bond donors (Lipinski definition) is 8. The molecule has 0 amide bonds. The molecule has 0 aliphatic rings. The zero-order valence-corrected chi connectivity index (χ0v) is 54.6. The number of aromatic hydroxyl groups is 3. The third-order valence-corrected chi connectivity index (χ3v) is 15.6. The summed E-state index contributed by atoms with van der Waals surface area (Å²) in [5.74, 6) is -1.72. The summed E-state index contributed by atoms with van der Waals surface area (Å²) < 4.78 is 266. The zero-order chi connectivity index (χ0) is 73.5. The maximum atomic E-state index is 12.7. The van der Waals surface area contributed by atoms with E-state index in [1.807, 2.05) is 0 Å². The van der Waals surface area contributed by atoms with Crippen molar-refractivity contribution in [3.8, 4) is 17.2 Å². The molecule has 0 aromatic heterocycles. The van der Waals surface area contributed by atoms with Crippen LogP contribution in [0.25, 0.3) is 53.9 Å². The molecule has 0 saturated carbocycles. The summed E-state index contributed by atoms with van der Waals surface area (Å²) >= 11 is 0. The lowest BCUT2D eigenvalue weighted by atomic mass is 10.1. The van der Waals surface area contributed by atoms with E-state index in [-0.39, 0.29) is 82.5 Å². The van der Waals surface area contributed by atoms with Crippen LogP contribution in [0.15, 0.2) is 206 Å². The van der Waals surface area contributed by atoms with Crippen molar-refractivity contribution in [2.75, 3.05) is 5.73 Å². The van der Waals surface area contributed by atoms with Crippen LogP contribution in [-0.4, -0.2) is 130 Å². The summed E-state index contributed by atoms with van der Waals surface area (Å²) in [4.78, 5) is -2.51. The van der Waals surface area contributed by atoms with E-state index in [1.54, 1.807) is 30.3 Å². The van der Waals surface area contributed by atoms with E-state index < -0.39 is 137 Å². The monoisotopic (exact) mass is 1530 g/mol. The fourth-order valence-corrected chi connectivity index (χ4v) is 11.3. The third-order valence-electron chi connectivity index (χ3n) is 12.1. The number of azo groups is 4. The lowest BCUT2D eigenvalue weighted by molar-refractivity contribution is 0.472. The summed E-state index contributed by atoms with van der Waals surface area (Å²) in [5.41, 5.74) is 4.64. The Morgan fingerprint density at radius 2 is 0.673 bits per heavy atom. The first-order valence-electron chi connectivity index (χ1n) is 24.6. The standard InChI is InChI=1S/C50H33N9O15S4.5O3S/c51-45-44-28(15-20-38(50(44)62)56-52-29-17-18-31-26(21-29)14-19-37(48(31)60)57-55-36-10-1-5-25-6-2-12-40(43(25)36)76(66,67)68)23-41(77(69,70)71)46(45)58-53-30-16-13-27-22-42(78(72,73)74)47(49(61)34(27)24-30)59-54-35-9-3-8-33-32(35)7-4-11-39(33)75(63,64)65;5*1-4(2)3/h1-24,60-62H,51H2,(H,63,64,65)(H,66,67,68)(H,69,70,71)(H,72,73,74);;;;;. The van der Waals surface area contributed by atoms with Gasteiger partial charge in [-0.15, -0.1) is 93.8 Å². The fourth-order valence-electron chi connectivity index (χ4n) is 8.55. The molecule has 48 heteroatoms. The van der Waals surface area contributed by atoms with Crippen molar-refractivity contribution in [2.24, 2.45) is 40.9 Å². The minimum atomic E-state index is -5.10. The Kier molecular flexibility index (Phi) is 25.7. The number of hydrogen-bond acceptors (Lipinski definition) is 35. The summed E-state index contributed by atoms with van der Waals surface area (Å²) in [6.07, 6.45) is 0. The van der Waals surface area contributed by atoms with Crippen molar-refractivity contribution in [3.63, 3.8) is 0 Å². The van der Waals surface area contributed by atoms with E-state index >= 15 is 0 Å². The van der Waals surface area contributed by atoms with Gasteiger partial charge >= 0.3 is 53.0 Å². The highest BCUT2D eigenvalue weighted by Crippen LogP contribution is 2.48. The molecule has 0 atom stereocenters. The van der Waals surface area contributed by atoms with E-state index in [9.17, 15) is 67.2 Å². The molecule has 10 aromatic rings. The summed E-state index contributed by atoms with van der Waals surface area (Å²) in [6.45, 7) is 0. The first kappa shape index (κ1) is 77.5. The highest BCUT2D eigenvalue weighted by atomic mass is 32.2. The van der Waals surface area contributed by atoms with Crippen molar-refractivity contribution in [1.29, 1.82) is 0 Å². The van der Waals surface area contributed by atoms with Gasteiger partial charge in [-0.2, -0.15) is 43.9 Å². The van der Waals surface area contributed by atoms with Crippen LogP contribution in [0.1, 0.15) is 0 Å². The number of phenolic OH excluding ortho intramolecular Hbond substituents is 3. The first-order valence-corrected chi connectivity index (χ1v) is 35.4. The van der Waals surface area contributed by atoms with E-state index in [0.717, 1.165) is 18.2 Å². The van der Waals surface area contributed by atoms with Crippen LogP contribution >= 0.6 is 0 Å². The second-order valence-electron chi connectivity index (χ2n) is 18.0. The predicted octanol–water partition coefficient (Wildman–Crippen LogP) is 7.78. The van der Waals surface area contributed by atoms with Gasteiger partial charge < -0.3 is 21.1 Å². The summed E-state index contributed by atoms with van der Waals surface area (Å²) in [5, 5.41) is 68.2. The molecule has 0 radical (unpaired) electrons. The second-order valence-corrected chi connectivity index (χ2v) is 25.6. The van der Waals surface area contributed by atoms with Gasteiger partial charge in [-0.3, -0.25) is 18.2 Å². The SMILES string of the molecule is Nc1c(N=Nc2ccc3cc(S(=O)(=O)O)c(N=Nc4cccc5c(S(=O)(=O)O)cccc45)c(O)c3c2)c(S(=O)(=O)O)cc2ccc(N=Nc3ccc4c(O)c(N=Nc5cccc6cccc(S(=O)(=O)O)c56)ccc4c3)c(O)c12.O=S(=O)=O.O=S(=O)=O.O=S(=O)=O.O=S(=O)=O.O=S(=O)=O. The van der Waals surface area contributed by atoms with Crippen LogP contribution < -0.4 is 5.73 Å². The largest absolute Gasteiger partial charge is 0.505 e. The molecule has 0 bridgehead atoms. The molecular weight excluding hydrogens is 1500 g/mol. The smallest absolute Gasteiger partial charge is 0.425 e. The number of phenols is 3. The molecule has 0 aliphatic heterocycles. The van der Waals surface area contributed by atoms with Crippen molar-refractivity contribution < 1.29 is 130 Å². The van der Waals surface area contributed by atoms with Gasteiger partial charge in [-0.05, 0) is 100 Å². The zero-order valence-electron chi connectivity index (χ0n) is 47.2. The van der Waals surface area contributed by atoms with E-state index in [1.165, 1.54) is 97.1 Å². The molecule has 0 unspecified atom stereocenters. The number of benzene rings is 10. The van der Waals surface area contributed by atoms with Gasteiger partial charge in [0.2, 0.25) is 0 Å². The van der Waals surface area contributed by atoms with Crippen LogP contribution in [0.2, 0.25) is 0 Å². The number of nitrogen functional groups attached to an aromatic ring is 1. The Labute approximate surface area is 554 Å². The number of anilines is 1. The molecule has 0 aliphatic carbocycles. The van der Waals surface area contributed by atoms with Crippen molar-refractivity contribution in [2.45, 2.75) is 19.6 Å². The normalized spacial score (nSPS) is 11.6. The second kappa shape index (κ2) is 32.5. The maximum absolute atomic E-state index is 12.7. The molecule has 10 aromatic carbocycles. The lowest BCUT2D eigenvalue weighted by Gasteiger charge is -2.12. The van der Waals surface area contributed by atoms with Crippen LogP contribution in [-0.2, 0) is 93.5 Å². The van der Waals surface area contributed by atoms with Gasteiger partial charge in [0, 0.05) is 26.9 Å². The maximum Gasteiger partial charge on any atom is 0.425 e. The van der Waals surface area contributed by atoms with Crippen molar-refractivity contribution >= 4 is 199 Å². The van der Waals surface area contributed by atoms with Crippen molar-refractivity contribution in [3.05, 3.63) is 146 Å². The molecule has 512 valence electrons. The summed E-state index contributed by atoms with van der Waals surface area (Å²) in [7, 11) is -35.0. The van der Waals surface area contributed by atoms with Crippen LogP contribution in [0.3, 0.4) is 0 Å². The Bertz CT molecular complexity index is 5980. The van der Waals surface area contributed by atoms with Crippen LogP contribution in [0.5, 0.6) is 17.2 Å². The Balaban J connectivity index is 0.000000767. The highest BCUT2D eigenvalue weighted by molar-refractivity contribution is 7.86. The van der Waals surface area contributed by atoms with Gasteiger partial charge in [-0.25, -0.2) is 0 Å². The molecule has 0 saturated heterocycles. The number of fused-ring (bicyclic) bond motifs is 5.